The zero-order valence-electron chi connectivity index (χ0n) is 8.56. The Kier molecular flexibility index (Phi) is 5.55. The summed E-state index contributed by atoms with van der Waals surface area (Å²) in [5.41, 5.74) is 0. The molecular weight excluding hydrogens is 184 g/mol. The zero-order valence-corrected chi connectivity index (χ0v) is 8.56. The van der Waals surface area contributed by atoms with Crippen LogP contribution in [0.5, 0.6) is 0 Å². The second kappa shape index (κ2) is 6.15. The largest absolute Gasteiger partial charge is 0.481 e. The molecule has 0 aromatic carbocycles. The molecule has 1 N–H and O–H groups in total. The van der Waals surface area contributed by atoms with Crippen LogP contribution in [0.25, 0.3) is 0 Å². The topological polar surface area (TPSA) is 60.9 Å². The number of carbonyl (C=O) groups is 2. The molecule has 14 heavy (non-hydrogen) atoms. The van der Waals surface area contributed by atoms with Crippen LogP contribution < -0.4 is 0 Å². The summed E-state index contributed by atoms with van der Waals surface area (Å²) in [6, 6.07) is 0. The smallest absolute Gasteiger partial charge is 0.303 e. The molecule has 0 aromatic rings. The minimum absolute atomic E-state index is 0.0642. The molecule has 0 unspecified atom stereocenters. The van der Waals surface area contributed by atoms with E-state index in [1.165, 1.54) is 11.1 Å². The van der Waals surface area contributed by atoms with Crippen LogP contribution in [0, 0.1) is 0 Å². The van der Waals surface area contributed by atoms with E-state index in [2.05, 4.69) is 6.58 Å². The first-order valence-corrected chi connectivity index (χ1v) is 4.32. The molecular formula is C9H16N2O3. The fourth-order valence-corrected chi connectivity index (χ4v) is 0.993. The van der Waals surface area contributed by atoms with Crippen molar-refractivity contribution in [3.8, 4) is 0 Å². The molecule has 0 bridgehead atoms. The number of rotatable bonds is 6. The van der Waals surface area contributed by atoms with Gasteiger partial charge in [-0.15, -0.1) is 0 Å². The molecule has 0 heterocycles. The molecule has 0 saturated heterocycles. The van der Waals surface area contributed by atoms with Crippen molar-refractivity contribution in [3.63, 3.8) is 0 Å². The maximum atomic E-state index is 11.2. The Morgan fingerprint density at radius 1 is 1.43 bits per heavy atom. The summed E-state index contributed by atoms with van der Waals surface area (Å²) in [7, 11) is 3.45. The summed E-state index contributed by atoms with van der Waals surface area (Å²) in [4.78, 5) is 21.5. The predicted octanol–water partition coefficient (Wildman–Crippen LogP) is 0.342. The van der Waals surface area contributed by atoms with Crippen molar-refractivity contribution in [2.45, 2.75) is 12.8 Å². The van der Waals surface area contributed by atoms with Gasteiger partial charge in [0.25, 0.3) is 5.91 Å². The van der Waals surface area contributed by atoms with Gasteiger partial charge in [0, 0.05) is 27.1 Å². The molecule has 80 valence electrons. The van der Waals surface area contributed by atoms with Gasteiger partial charge in [-0.25, -0.2) is 5.01 Å². The summed E-state index contributed by atoms with van der Waals surface area (Å²) < 4.78 is 0. The van der Waals surface area contributed by atoms with E-state index in [1.807, 2.05) is 0 Å². The van der Waals surface area contributed by atoms with Crippen molar-refractivity contribution in [1.82, 2.24) is 10.0 Å². The number of hydrogen-bond donors (Lipinski definition) is 1. The van der Waals surface area contributed by atoms with Crippen LogP contribution >= 0.6 is 0 Å². The van der Waals surface area contributed by atoms with Crippen LogP contribution in [0.1, 0.15) is 12.8 Å². The van der Waals surface area contributed by atoms with Crippen molar-refractivity contribution in [3.05, 3.63) is 12.7 Å². The van der Waals surface area contributed by atoms with Crippen LogP contribution in [0.3, 0.4) is 0 Å². The van der Waals surface area contributed by atoms with Crippen LogP contribution in [0.15, 0.2) is 12.7 Å². The van der Waals surface area contributed by atoms with E-state index in [9.17, 15) is 9.59 Å². The van der Waals surface area contributed by atoms with Gasteiger partial charge in [0.2, 0.25) is 0 Å². The van der Waals surface area contributed by atoms with Gasteiger partial charge in [0.1, 0.15) is 0 Å². The minimum Gasteiger partial charge on any atom is -0.481 e. The molecule has 0 aliphatic carbocycles. The van der Waals surface area contributed by atoms with Crippen LogP contribution in [-0.4, -0.2) is 47.6 Å². The molecule has 5 heteroatoms. The van der Waals surface area contributed by atoms with Crippen molar-refractivity contribution in [2.24, 2.45) is 0 Å². The second-order valence-corrected chi connectivity index (χ2v) is 3.01. The number of carbonyl (C=O) groups excluding carboxylic acids is 1. The van der Waals surface area contributed by atoms with E-state index in [4.69, 9.17) is 5.11 Å². The predicted molar refractivity (Wildman–Crippen MR) is 52.5 cm³/mol. The molecule has 0 radical (unpaired) electrons. The first-order valence-electron chi connectivity index (χ1n) is 4.32. The van der Waals surface area contributed by atoms with Gasteiger partial charge >= 0.3 is 5.97 Å². The van der Waals surface area contributed by atoms with E-state index in [0.717, 1.165) is 0 Å². The number of carboxylic acids is 1. The third kappa shape index (κ3) is 4.61. The number of nitrogens with zero attached hydrogens (tertiary/aromatic N) is 2. The lowest BCUT2D eigenvalue weighted by molar-refractivity contribution is -0.142. The summed E-state index contributed by atoms with van der Waals surface area (Å²) in [5, 5.41) is 11.5. The third-order valence-corrected chi connectivity index (χ3v) is 1.67. The van der Waals surface area contributed by atoms with E-state index < -0.39 is 5.97 Å². The monoisotopic (exact) mass is 200 g/mol. The van der Waals surface area contributed by atoms with Crippen molar-refractivity contribution in [2.75, 3.05) is 20.6 Å². The van der Waals surface area contributed by atoms with Gasteiger partial charge in [-0.1, -0.05) is 6.58 Å². The maximum Gasteiger partial charge on any atom is 0.303 e. The van der Waals surface area contributed by atoms with E-state index >= 15 is 0 Å². The van der Waals surface area contributed by atoms with E-state index in [0.29, 0.717) is 13.0 Å². The van der Waals surface area contributed by atoms with Crippen molar-refractivity contribution < 1.29 is 14.7 Å². The number of amides is 1. The molecule has 0 spiro atoms. The lowest BCUT2D eigenvalue weighted by Crippen LogP contribution is -2.41. The fraction of sp³-hybridized carbons (Fsp3) is 0.556. The lowest BCUT2D eigenvalue weighted by atomic mass is 10.3. The first-order chi connectivity index (χ1) is 6.49. The van der Waals surface area contributed by atoms with E-state index in [-0.39, 0.29) is 12.3 Å². The fourth-order valence-electron chi connectivity index (χ4n) is 0.993. The lowest BCUT2D eigenvalue weighted by Gasteiger charge is -2.27. The highest BCUT2D eigenvalue weighted by Gasteiger charge is 2.12. The Labute approximate surface area is 83.6 Å². The quantitative estimate of drug-likeness (QED) is 0.496. The Morgan fingerprint density at radius 3 is 2.36 bits per heavy atom. The van der Waals surface area contributed by atoms with Gasteiger partial charge in [-0.3, -0.25) is 14.6 Å². The highest BCUT2D eigenvalue weighted by molar-refractivity contribution is 5.86. The number of carboxylic acid groups (broad SMARTS) is 1. The van der Waals surface area contributed by atoms with Gasteiger partial charge < -0.3 is 5.11 Å². The average molecular weight is 200 g/mol. The van der Waals surface area contributed by atoms with E-state index in [1.54, 1.807) is 19.1 Å². The summed E-state index contributed by atoms with van der Waals surface area (Å²) in [6.07, 6.45) is 1.71. The van der Waals surface area contributed by atoms with Gasteiger partial charge in [0.15, 0.2) is 0 Å². The SMILES string of the molecule is C=CC(=O)N(CCCC(=O)O)N(C)C. The minimum atomic E-state index is -0.852. The molecule has 0 aliphatic heterocycles. The van der Waals surface area contributed by atoms with Crippen molar-refractivity contribution >= 4 is 11.9 Å². The highest BCUT2D eigenvalue weighted by Crippen LogP contribution is 1.99. The normalized spacial score (nSPS) is 9.93. The Bertz CT molecular complexity index is 226. The summed E-state index contributed by atoms with van der Waals surface area (Å²) in [6.45, 7) is 3.77. The molecule has 0 atom stereocenters. The molecule has 0 rings (SSSR count). The molecule has 0 aliphatic rings. The van der Waals surface area contributed by atoms with Crippen LogP contribution in [0.2, 0.25) is 0 Å². The average Bonchev–Trinajstić information content (AvgIpc) is 2.10. The molecule has 1 amide bonds. The van der Waals surface area contributed by atoms with Gasteiger partial charge in [-0.05, 0) is 12.5 Å². The maximum absolute atomic E-state index is 11.2. The summed E-state index contributed by atoms with van der Waals surface area (Å²) >= 11 is 0. The molecule has 5 nitrogen and oxygen atoms in total. The third-order valence-electron chi connectivity index (χ3n) is 1.67. The Morgan fingerprint density at radius 2 is 2.00 bits per heavy atom. The Hall–Kier alpha value is -1.36. The zero-order chi connectivity index (χ0) is 11.1. The van der Waals surface area contributed by atoms with Gasteiger partial charge in [-0.2, -0.15) is 0 Å². The second-order valence-electron chi connectivity index (χ2n) is 3.01. The van der Waals surface area contributed by atoms with Crippen LogP contribution in [0.4, 0.5) is 0 Å². The molecule has 0 fully saturated rings. The standard InChI is InChI=1S/C9H16N2O3/c1-4-8(12)11(10(2)3)7-5-6-9(13)14/h4H,1,5-7H2,2-3H3,(H,13,14). The molecule has 0 saturated carbocycles. The summed E-state index contributed by atoms with van der Waals surface area (Å²) in [5.74, 6) is -1.07. The van der Waals surface area contributed by atoms with Crippen molar-refractivity contribution in [1.29, 1.82) is 0 Å². The number of hydrazine groups is 1. The number of hydrogen-bond acceptors (Lipinski definition) is 3. The first kappa shape index (κ1) is 12.6. The van der Waals surface area contributed by atoms with Gasteiger partial charge in [0.05, 0.1) is 0 Å². The van der Waals surface area contributed by atoms with Crippen LogP contribution in [-0.2, 0) is 9.59 Å². The Balaban J connectivity index is 4.04. The highest BCUT2D eigenvalue weighted by atomic mass is 16.4. The molecule has 0 aromatic heterocycles. The number of aliphatic carboxylic acids is 1.